The van der Waals surface area contributed by atoms with Crippen molar-refractivity contribution in [3.05, 3.63) is 88.4 Å². The predicted molar refractivity (Wildman–Crippen MR) is 113 cm³/mol. The third-order valence-corrected chi connectivity index (χ3v) is 7.11. The van der Waals surface area contributed by atoms with E-state index in [4.69, 9.17) is 23.2 Å². The number of imidazole rings is 1. The van der Waals surface area contributed by atoms with Gasteiger partial charge in [0.2, 0.25) is 15.6 Å². The van der Waals surface area contributed by atoms with Gasteiger partial charge >= 0.3 is 0 Å². The molecule has 0 radical (unpaired) electrons. The summed E-state index contributed by atoms with van der Waals surface area (Å²) in [6.07, 6.45) is 6.37. The van der Waals surface area contributed by atoms with Crippen LogP contribution in [-0.2, 0) is 16.4 Å². The first-order chi connectivity index (χ1) is 14.4. The third kappa shape index (κ3) is 3.89. The number of nitrogens with one attached hydrogen (secondary N) is 1. The summed E-state index contributed by atoms with van der Waals surface area (Å²) in [6.45, 7) is 0.216. The van der Waals surface area contributed by atoms with Crippen LogP contribution in [0.15, 0.2) is 77.0 Å². The van der Waals surface area contributed by atoms with Crippen LogP contribution in [0.2, 0.25) is 10.0 Å². The maximum atomic E-state index is 12.9. The number of rotatable bonds is 5. The summed E-state index contributed by atoms with van der Waals surface area (Å²) >= 11 is 12.1. The van der Waals surface area contributed by atoms with Gasteiger partial charge in [0.25, 0.3) is 5.91 Å². The lowest BCUT2D eigenvalue weighted by atomic mass is 10.2. The van der Waals surface area contributed by atoms with Gasteiger partial charge in [0.15, 0.2) is 0 Å². The van der Waals surface area contributed by atoms with E-state index in [9.17, 15) is 13.2 Å². The van der Waals surface area contributed by atoms with Crippen LogP contribution in [0.4, 0.5) is 0 Å². The summed E-state index contributed by atoms with van der Waals surface area (Å²) in [5.41, 5.74) is 1.11. The maximum Gasteiger partial charge on any atom is 0.254 e. The van der Waals surface area contributed by atoms with E-state index in [2.05, 4.69) is 15.3 Å². The smallest absolute Gasteiger partial charge is 0.254 e. The zero-order valence-electron chi connectivity index (χ0n) is 15.3. The summed E-state index contributed by atoms with van der Waals surface area (Å²) < 4.78 is 27.4. The second-order valence-corrected chi connectivity index (χ2v) is 9.06. The molecule has 0 atom stereocenters. The van der Waals surface area contributed by atoms with Crippen molar-refractivity contribution in [3.8, 4) is 0 Å². The molecular formula is C20H14Cl2N4O3S. The van der Waals surface area contributed by atoms with Crippen molar-refractivity contribution in [2.45, 2.75) is 16.3 Å². The molecule has 0 aliphatic carbocycles. The molecule has 30 heavy (non-hydrogen) atoms. The quantitative estimate of drug-likeness (QED) is 0.488. The Hall–Kier alpha value is -2.94. The number of carbonyl (C=O) groups is 1. The fourth-order valence-electron chi connectivity index (χ4n) is 2.86. The van der Waals surface area contributed by atoms with Crippen LogP contribution in [0.1, 0.15) is 15.9 Å². The number of benzene rings is 2. The molecule has 7 nitrogen and oxygen atoms in total. The number of hydrogen-bond donors (Lipinski definition) is 1. The molecule has 1 amide bonds. The van der Waals surface area contributed by atoms with Crippen LogP contribution in [-0.4, -0.2) is 28.7 Å². The highest BCUT2D eigenvalue weighted by molar-refractivity contribution is 7.91. The fourth-order valence-corrected chi connectivity index (χ4v) is 5.25. The molecule has 2 aromatic carbocycles. The monoisotopic (exact) mass is 460 g/mol. The number of aromatic nitrogens is 3. The molecule has 0 spiro atoms. The second kappa shape index (κ2) is 8.06. The first-order valence-corrected chi connectivity index (χ1v) is 10.9. The normalized spacial score (nSPS) is 11.5. The van der Waals surface area contributed by atoms with Crippen molar-refractivity contribution >= 4 is 44.7 Å². The molecule has 0 unspecified atom stereocenters. The molecule has 2 aromatic heterocycles. The summed E-state index contributed by atoms with van der Waals surface area (Å²) in [6, 6.07) is 10.7. The van der Waals surface area contributed by atoms with E-state index < -0.39 is 9.84 Å². The zero-order valence-corrected chi connectivity index (χ0v) is 17.6. The predicted octanol–water partition coefficient (Wildman–Crippen LogP) is 3.80. The highest BCUT2D eigenvalue weighted by Gasteiger charge is 2.23. The van der Waals surface area contributed by atoms with E-state index in [1.807, 2.05) is 0 Å². The van der Waals surface area contributed by atoms with E-state index in [0.29, 0.717) is 11.3 Å². The average Bonchev–Trinajstić information content (AvgIpc) is 3.20. The van der Waals surface area contributed by atoms with Crippen LogP contribution < -0.4 is 5.32 Å². The Morgan fingerprint density at radius 2 is 1.73 bits per heavy atom. The van der Waals surface area contributed by atoms with Gasteiger partial charge < -0.3 is 5.32 Å². The van der Waals surface area contributed by atoms with Gasteiger partial charge in [-0.15, -0.1) is 0 Å². The molecule has 10 heteroatoms. The van der Waals surface area contributed by atoms with Crippen molar-refractivity contribution in [2.24, 2.45) is 0 Å². The van der Waals surface area contributed by atoms with E-state index in [0.717, 1.165) is 5.56 Å². The minimum absolute atomic E-state index is 0.0577. The Balaban J connectivity index is 1.49. The standard InChI is InChI=1S/C20H14Cl2N4O3S/c21-16-2-1-3-17(22)18(16)30(28,29)15-6-4-13(5-7-15)10-24-19(27)14-11-25-20-23-8-9-26(20)12-14/h1-9,11-12H,10H2,(H,24,27). The van der Waals surface area contributed by atoms with Gasteiger partial charge in [-0.3, -0.25) is 9.20 Å². The molecule has 0 fully saturated rings. The van der Waals surface area contributed by atoms with Gasteiger partial charge in [-0.2, -0.15) is 0 Å². The number of halogens is 2. The van der Waals surface area contributed by atoms with E-state index in [-0.39, 0.29) is 32.3 Å². The molecule has 4 aromatic rings. The lowest BCUT2D eigenvalue weighted by molar-refractivity contribution is 0.0950. The first kappa shape index (κ1) is 20.3. The molecule has 4 rings (SSSR count). The molecule has 1 N–H and O–H groups in total. The van der Waals surface area contributed by atoms with Crippen molar-refractivity contribution in [1.29, 1.82) is 0 Å². The number of sulfone groups is 1. The largest absolute Gasteiger partial charge is 0.348 e. The van der Waals surface area contributed by atoms with Crippen molar-refractivity contribution in [2.75, 3.05) is 0 Å². The number of fused-ring (bicyclic) bond motifs is 1. The summed E-state index contributed by atoms with van der Waals surface area (Å²) in [5.74, 6) is 0.194. The minimum atomic E-state index is -3.87. The Kier molecular flexibility index (Phi) is 5.46. The van der Waals surface area contributed by atoms with E-state index >= 15 is 0 Å². The SMILES string of the molecule is O=C(NCc1ccc(S(=O)(=O)c2c(Cl)cccc2Cl)cc1)c1cnc2nccn2c1. The highest BCUT2D eigenvalue weighted by atomic mass is 35.5. The van der Waals surface area contributed by atoms with E-state index in [1.54, 1.807) is 41.2 Å². The molecule has 0 aliphatic rings. The Morgan fingerprint density at radius 1 is 1.03 bits per heavy atom. The molecule has 0 aliphatic heterocycles. The first-order valence-electron chi connectivity index (χ1n) is 8.71. The van der Waals surface area contributed by atoms with Crippen molar-refractivity contribution < 1.29 is 13.2 Å². The third-order valence-electron chi connectivity index (χ3n) is 4.38. The van der Waals surface area contributed by atoms with Crippen molar-refractivity contribution in [1.82, 2.24) is 19.7 Å². The Bertz CT molecular complexity index is 1330. The molecule has 152 valence electrons. The van der Waals surface area contributed by atoms with Crippen LogP contribution >= 0.6 is 23.2 Å². The van der Waals surface area contributed by atoms with E-state index in [1.165, 1.54) is 30.5 Å². The number of nitrogens with zero attached hydrogens (tertiary/aromatic N) is 3. The lowest BCUT2D eigenvalue weighted by Gasteiger charge is -2.10. The summed E-state index contributed by atoms with van der Waals surface area (Å²) in [4.78, 5) is 20.4. The van der Waals surface area contributed by atoms with Crippen LogP contribution in [0.3, 0.4) is 0 Å². The van der Waals surface area contributed by atoms with Gasteiger partial charge in [0.1, 0.15) is 4.90 Å². The fraction of sp³-hybridized carbons (Fsp3) is 0.0500. The zero-order chi connectivity index (χ0) is 21.3. The number of amides is 1. The van der Waals surface area contributed by atoms with Gasteiger partial charge in [-0.1, -0.05) is 41.4 Å². The minimum Gasteiger partial charge on any atom is -0.348 e. The Morgan fingerprint density at radius 3 is 2.43 bits per heavy atom. The summed E-state index contributed by atoms with van der Waals surface area (Å²) in [7, 11) is -3.87. The highest BCUT2D eigenvalue weighted by Crippen LogP contribution is 2.33. The average molecular weight is 461 g/mol. The van der Waals surface area contributed by atoms with Crippen LogP contribution in [0.5, 0.6) is 0 Å². The summed E-state index contributed by atoms with van der Waals surface area (Å²) in [5, 5.41) is 2.89. The topological polar surface area (TPSA) is 93.4 Å². The van der Waals surface area contributed by atoms with Gasteiger partial charge in [0.05, 0.1) is 20.5 Å². The number of carbonyl (C=O) groups excluding carboxylic acids is 1. The molecule has 0 saturated carbocycles. The van der Waals surface area contributed by atoms with Gasteiger partial charge in [0, 0.05) is 31.3 Å². The van der Waals surface area contributed by atoms with Crippen LogP contribution in [0, 0.1) is 0 Å². The Labute approximate surface area is 182 Å². The van der Waals surface area contributed by atoms with Crippen molar-refractivity contribution in [3.63, 3.8) is 0 Å². The number of hydrogen-bond acceptors (Lipinski definition) is 5. The molecular weight excluding hydrogens is 447 g/mol. The molecule has 0 saturated heterocycles. The maximum absolute atomic E-state index is 12.9. The van der Waals surface area contributed by atoms with Gasteiger partial charge in [-0.05, 0) is 29.8 Å². The molecule has 0 bridgehead atoms. The molecule has 2 heterocycles. The van der Waals surface area contributed by atoms with Crippen LogP contribution in [0.25, 0.3) is 5.78 Å². The second-order valence-electron chi connectivity index (χ2n) is 6.36. The lowest BCUT2D eigenvalue weighted by Crippen LogP contribution is -2.23. The van der Waals surface area contributed by atoms with Gasteiger partial charge in [-0.25, -0.2) is 18.4 Å².